The van der Waals surface area contributed by atoms with E-state index in [9.17, 15) is 9.90 Å². The number of phenols is 1. The monoisotopic (exact) mass is 475 g/mol. The van der Waals surface area contributed by atoms with Gasteiger partial charge in [0.25, 0.3) is 0 Å². The summed E-state index contributed by atoms with van der Waals surface area (Å²) in [4.78, 5) is 14.8. The van der Waals surface area contributed by atoms with Crippen molar-refractivity contribution in [3.8, 4) is 5.75 Å². The average molecular weight is 476 g/mol. The second-order valence-electron chi connectivity index (χ2n) is 11.3. The number of phenolic OH excluding ortho intramolecular Hbond substituents is 1. The highest BCUT2D eigenvalue weighted by Crippen LogP contribution is 2.52. The molecule has 1 amide bonds. The predicted molar refractivity (Wildman–Crippen MR) is 140 cm³/mol. The SMILES string of the molecule is C[C@H]1[C@H]2Cc3ccc(O)cc3[C@]1(CCCCN[C@@H](Cc1ccccc1)C(N)=O)CCN2CC1CC1. The second-order valence-corrected chi connectivity index (χ2v) is 11.3. The summed E-state index contributed by atoms with van der Waals surface area (Å²) in [5.74, 6) is 1.59. The number of rotatable bonds is 11. The Balaban J connectivity index is 1.23. The van der Waals surface area contributed by atoms with Crippen LogP contribution in [0.25, 0.3) is 0 Å². The predicted octanol–water partition coefficient (Wildman–Crippen LogP) is 4.16. The van der Waals surface area contributed by atoms with Gasteiger partial charge in [-0.05, 0) is 98.7 Å². The van der Waals surface area contributed by atoms with E-state index in [1.807, 2.05) is 36.4 Å². The van der Waals surface area contributed by atoms with Gasteiger partial charge in [-0.2, -0.15) is 0 Å². The number of fused-ring (bicyclic) bond motifs is 4. The van der Waals surface area contributed by atoms with Crippen LogP contribution in [0.3, 0.4) is 0 Å². The zero-order valence-electron chi connectivity index (χ0n) is 21.1. The van der Waals surface area contributed by atoms with Crippen molar-refractivity contribution in [3.63, 3.8) is 0 Å². The summed E-state index contributed by atoms with van der Waals surface area (Å²) in [6, 6.07) is 16.4. The number of carbonyl (C=O) groups excluding carboxylic acids is 1. The molecule has 3 aliphatic rings. The Kier molecular flexibility index (Phi) is 7.17. The number of hydrogen-bond acceptors (Lipinski definition) is 4. The molecule has 35 heavy (non-hydrogen) atoms. The number of hydrogen-bond donors (Lipinski definition) is 3. The zero-order chi connectivity index (χ0) is 24.4. The molecule has 4 N–H and O–H groups in total. The van der Waals surface area contributed by atoms with Crippen LogP contribution in [-0.2, 0) is 23.1 Å². The smallest absolute Gasteiger partial charge is 0.234 e. The lowest BCUT2D eigenvalue weighted by atomic mass is 9.56. The van der Waals surface area contributed by atoms with E-state index in [4.69, 9.17) is 5.73 Å². The summed E-state index contributed by atoms with van der Waals surface area (Å²) in [7, 11) is 0. The number of nitrogens with zero attached hydrogens (tertiary/aromatic N) is 1. The van der Waals surface area contributed by atoms with Crippen molar-refractivity contribution in [2.75, 3.05) is 19.6 Å². The maximum Gasteiger partial charge on any atom is 0.234 e. The number of piperidine rings is 1. The quantitative estimate of drug-likeness (QED) is 0.427. The fraction of sp³-hybridized carbons (Fsp3) is 0.567. The first-order valence-electron chi connectivity index (χ1n) is 13.6. The molecular weight excluding hydrogens is 434 g/mol. The minimum atomic E-state index is -0.336. The molecular formula is C30H41N3O2. The van der Waals surface area contributed by atoms with Crippen molar-refractivity contribution in [2.45, 2.75) is 75.8 Å². The summed E-state index contributed by atoms with van der Waals surface area (Å²) in [5.41, 5.74) is 9.76. The Labute approximate surface area is 210 Å². The molecule has 5 nitrogen and oxygen atoms in total. The van der Waals surface area contributed by atoms with Crippen molar-refractivity contribution < 1.29 is 9.90 Å². The standard InChI is InChI=1S/C30H41N3O2/c1-21-28-18-24-11-12-25(34)19-26(24)30(21,14-16-33(28)20-23-9-10-23)13-5-6-15-32-27(29(31)35)17-22-7-3-2-4-8-22/h2-4,7-8,11-12,19,21,23,27-28,32,34H,5-6,9-10,13-18,20H2,1H3,(H2,31,35)/t21-,27-,28+,30+/m0/s1. The molecule has 2 aromatic rings. The topological polar surface area (TPSA) is 78.6 Å². The van der Waals surface area contributed by atoms with E-state index >= 15 is 0 Å². The summed E-state index contributed by atoms with van der Waals surface area (Å²) < 4.78 is 0. The van der Waals surface area contributed by atoms with Crippen LogP contribution in [0.4, 0.5) is 0 Å². The highest BCUT2D eigenvalue weighted by molar-refractivity contribution is 5.80. The molecule has 1 heterocycles. The third kappa shape index (κ3) is 5.26. The van der Waals surface area contributed by atoms with Gasteiger partial charge in [0.2, 0.25) is 5.91 Å². The van der Waals surface area contributed by atoms with Crippen molar-refractivity contribution in [1.82, 2.24) is 10.2 Å². The van der Waals surface area contributed by atoms with Crippen LogP contribution >= 0.6 is 0 Å². The van der Waals surface area contributed by atoms with E-state index in [2.05, 4.69) is 29.3 Å². The molecule has 0 aromatic heterocycles. The molecule has 2 fully saturated rings. The van der Waals surface area contributed by atoms with Crippen molar-refractivity contribution in [2.24, 2.45) is 17.6 Å². The third-order valence-electron chi connectivity index (χ3n) is 9.08. The number of nitrogens with two attached hydrogens (primary N) is 1. The van der Waals surface area contributed by atoms with Crippen molar-refractivity contribution in [1.29, 1.82) is 0 Å². The van der Waals surface area contributed by atoms with Gasteiger partial charge in [-0.25, -0.2) is 0 Å². The van der Waals surface area contributed by atoms with Gasteiger partial charge < -0.3 is 16.2 Å². The number of unbranched alkanes of at least 4 members (excludes halogenated alkanes) is 1. The molecule has 188 valence electrons. The van der Waals surface area contributed by atoms with Gasteiger partial charge in [-0.1, -0.05) is 49.7 Å². The summed E-state index contributed by atoms with van der Waals surface area (Å²) >= 11 is 0. The van der Waals surface area contributed by atoms with Crippen molar-refractivity contribution >= 4 is 5.91 Å². The molecule has 1 saturated heterocycles. The van der Waals surface area contributed by atoms with E-state index in [-0.39, 0.29) is 17.4 Å². The number of aromatic hydroxyl groups is 1. The lowest BCUT2D eigenvalue weighted by Gasteiger charge is -2.56. The fourth-order valence-corrected chi connectivity index (χ4v) is 6.85. The molecule has 0 radical (unpaired) electrons. The number of nitrogens with one attached hydrogen (secondary N) is 1. The van der Waals surface area contributed by atoms with E-state index in [0.29, 0.717) is 24.1 Å². The first kappa shape index (κ1) is 24.3. The molecule has 1 saturated carbocycles. The van der Waals surface area contributed by atoms with Crippen LogP contribution < -0.4 is 11.1 Å². The Morgan fingerprint density at radius 1 is 1.20 bits per heavy atom. The fourth-order valence-electron chi connectivity index (χ4n) is 6.85. The summed E-state index contributed by atoms with van der Waals surface area (Å²) in [5, 5.41) is 13.8. The minimum absolute atomic E-state index is 0.129. The number of amides is 1. The number of carbonyl (C=O) groups is 1. The molecule has 2 aliphatic carbocycles. The van der Waals surface area contributed by atoms with E-state index < -0.39 is 0 Å². The zero-order valence-corrected chi connectivity index (χ0v) is 21.1. The molecule has 0 spiro atoms. The van der Waals surface area contributed by atoms with E-state index in [1.54, 1.807) is 0 Å². The average Bonchev–Trinajstić information content (AvgIpc) is 3.66. The molecule has 1 aliphatic heterocycles. The van der Waals surface area contributed by atoms with E-state index in [1.165, 1.54) is 43.5 Å². The number of likely N-dealkylation sites (tertiary alicyclic amines) is 1. The molecule has 2 aromatic carbocycles. The van der Waals surface area contributed by atoms with Gasteiger partial charge in [0, 0.05) is 18.0 Å². The first-order chi connectivity index (χ1) is 17.0. The van der Waals surface area contributed by atoms with Crippen LogP contribution in [0.1, 0.15) is 62.1 Å². The summed E-state index contributed by atoms with van der Waals surface area (Å²) in [6.45, 7) is 5.67. The van der Waals surface area contributed by atoms with Gasteiger partial charge in [0.15, 0.2) is 0 Å². The first-order valence-corrected chi connectivity index (χ1v) is 13.6. The minimum Gasteiger partial charge on any atom is -0.508 e. The second kappa shape index (κ2) is 10.3. The van der Waals surface area contributed by atoms with E-state index in [0.717, 1.165) is 43.7 Å². The van der Waals surface area contributed by atoms with Crippen LogP contribution in [-0.4, -0.2) is 47.6 Å². The van der Waals surface area contributed by atoms with Gasteiger partial charge in [0.05, 0.1) is 6.04 Å². The molecule has 0 unspecified atom stereocenters. The molecule has 5 rings (SSSR count). The Hall–Kier alpha value is -2.37. The Bertz CT molecular complexity index is 1020. The molecule has 2 bridgehead atoms. The number of benzene rings is 2. The van der Waals surface area contributed by atoms with Crippen LogP contribution in [0.5, 0.6) is 5.75 Å². The maximum absolute atomic E-state index is 12.0. The van der Waals surface area contributed by atoms with Gasteiger partial charge in [-0.3, -0.25) is 9.69 Å². The highest BCUT2D eigenvalue weighted by atomic mass is 16.3. The van der Waals surface area contributed by atoms with Crippen LogP contribution in [0, 0.1) is 11.8 Å². The lowest BCUT2D eigenvalue weighted by molar-refractivity contribution is -0.120. The highest BCUT2D eigenvalue weighted by Gasteiger charge is 2.51. The number of primary amides is 1. The molecule has 4 atom stereocenters. The maximum atomic E-state index is 12.0. The lowest BCUT2D eigenvalue weighted by Crippen LogP contribution is -2.59. The van der Waals surface area contributed by atoms with Gasteiger partial charge in [0.1, 0.15) is 5.75 Å². The Morgan fingerprint density at radius 2 is 2.00 bits per heavy atom. The van der Waals surface area contributed by atoms with Gasteiger partial charge >= 0.3 is 0 Å². The summed E-state index contributed by atoms with van der Waals surface area (Å²) in [6.07, 6.45) is 8.93. The largest absolute Gasteiger partial charge is 0.508 e. The van der Waals surface area contributed by atoms with Crippen LogP contribution in [0.15, 0.2) is 48.5 Å². The van der Waals surface area contributed by atoms with Crippen molar-refractivity contribution in [3.05, 3.63) is 65.2 Å². The third-order valence-corrected chi connectivity index (χ3v) is 9.08. The Morgan fingerprint density at radius 3 is 2.74 bits per heavy atom. The van der Waals surface area contributed by atoms with Gasteiger partial charge in [-0.15, -0.1) is 0 Å². The van der Waals surface area contributed by atoms with Crippen LogP contribution in [0.2, 0.25) is 0 Å². The molecule has 5 heteroatoms. The normalized spacial score (nSPS) is 26.8.